The summed E-state index contributed by atoms with van der Waals surface area (Å²) in [6.07, 6.45) is 20.4. The Bertz CT molecular complexity index is 6580. The molecule has 4 N–H and O–H groups in total. The van der Waals surface area contributed by atoms with E-state index in [1.54, 1.807) is 95.5 Å². The Morgan fingerprint density at radius 3 is 1.16 bits per heavy atom. The summed E-state index contributed by atoms with van der Waals surface area (Å²) in [5.41, 5.74) is 3.50. The highest BCUT2D eigenvalue weighted by Crippen LogP contribution is 2.39. The van der Waals surface area contributed by atoms with Gasteiger partial charge in [-0.05, 0) is 191 Å². The highest BCUT2D eigenvalue weighted by atomic mass is 35.5. The molecule has 4 aromatic carbocycles. The summed E-state index contributed by atoms with van der Waals surface area (Å²) in [6, 6.07) is 23.4. The average Bonchev–Trinajstić information content (AvgIpc) is 1.42. The molecule has 6 aromatic heterocycles. The van der Waals surface area contributed by atoms with E-state index in [0.717, 1.165) is 16.0 Å². The highest BCUT2D eigenvalue weighted by Gasteiger charge is 2.40. The van der Waals surface area contributed by atoms with Crippen molar-refractivity contribution in [3.63, 3.8) is 0 Å². The van der Waals surface area contributed by atoms with Crippen LogP contribution >= 0.6 is 46.1 Å². The second kappa shape index (κ2) is 49.3. The fourth-order valence-electron chi connectivity index (χ4n) is 16.3. The van der Waals surface area contributed by atoms with Crippen LogP contribution in [-0.2, 0) is 107 Å². The summed E-state index contributed by atoms with van der Waals surface area (Å²) in [4.78, 5) is 84.1. The van der Waals surface area contributed by atoms with E-state index in [4.69, 9.17) is 58.5 Å². The van der Waals surface area contributed by atoms with Crippen LogP contribution in [0.2, 0.25) is 15.1 Å². The van der Waals surface area contributed by atoms with E-state index in [1.807, 2.05) is 103 Å². The van der Waals surface area contributed by atoms with Crippen LogP contribution in [0.15, 0.2) is 172 Å². The monoisotopic (exact) mass is 2120 g/mol. The molecule has 0 bridgehead atoms. The number of nitrogens with zero attached hydrogens (tertiary/aromatic N) is 15. The van der Waals surface area contributed by atoms with Gasteiger partial charge in [-0.2, -0.15) is 21.5 Å². The van der Waals surface area contributed by atoms with Crippen molar-refractivity contribution >= 4 is 143 Å². The second-order valence-electron chi connectivity index (χ2n) is 34.9. The van der Waals surface area contributed by atoms with E-state index in [9.17, 15) is 66.1 Å². The van der Waals surface area contributed by atoms with Crippen molar-refractivity contribution in [3.8, 4) is 28.7 Å². The molecule has 0 spiro atoms. The topological polar surface area (TPSA) is 456 Å². The number of imidazole rings is 5. The van der Waals surface area contributed by atoms with Crippen LogP contribution in [0.3, 0.4) is 0 Å². The van der Waals surface area contributed by atoms with Crippen LogP contribution in [0.25, 0.3) is 0 Å². The smallest absolute Gasteiger partial charge is 0.262 e. The number of ketones is 1. The van der Waals surface area contributed by atoms with Gasteiger partial charge in [0.25, 0.3) is 50.1 Å². The minimum atomic E-state index is -3.69. The quantitative estimate of drug-likeness (QED) is 0.0325. The summed E-state index contributed by atoms with van der Waals surface area (Å²) < 4.78 is 170. The first-order chi connectivity index (χ1) is 67.2. The molecule has 48 heteroatoms. The Balaban J connectivity index is 0.000000158. The maximum Gasteiger partial charge on any atom is 0.262 e. The summed E-state index contributed by atoms with van der Waals surface area (Å²) in [5, 5.41) is 15.1. The fraction of sp³-hybridized carbons (Fsp3) is 0.484. The van der Waals surface area contributed by atoms with Crippen LogP contribution in [0.1, 0.15) is 141 Å². The number of rotatable bonds is 30. The number of anilines is 3. The Kier molecular flexibility index (Phi) is 38.2. The van der Waals surface area contributed by atoms with Gasteiger partial charge in [-0.3, -0.25) is 24.0 Å². The molecule has 10 aromatic rings. The van der Waals surface area contributed by atoms with Gasteiger partial charge in [0.15, 0.2) is 36.6 Å². The molecular formula is C93H122Cl3N19O20S6. The van der Waals surface area contributed by atoms with Crippen LogP contribution in [0.4, 0.5) is 17.1 Å². The van der Waals surface area contributed by atoms with Crippen molar-refractivity contribution < 1.29 is 89.7 Å². The van der Waals surface area contributed by atoms with Crippen LogP contribution in [0, 0.1) is 36.5 Å². The Labute approximate surface area is 842 Å². The van der Waals surface area contributed by atoms with Gasteiger partial charge in [-0.25, -0.2) is 67.0 Å². The molecule has 16 rings (SSSR count). The molecule has 5 saturated heterocycles. The number of ether oxygens (including phenoxy) is 5. The van der Waals surface area contributed by atoms with Crippen molar-refractivity contribution in [2.24, 2.45) is 29.6 Å². The van der Waals surface area contributed by atoms with E-state index in [0.29, 0.717) is 210 Å². The summed E-state index contributed by atoms with van der Waals surface area (Å²) in [5.74, 6) is 1.34. The van der Waals surface area contributed by atoms with Crippen LogP contribution in [0.5, 0.6) is 28.7 Å². The van der Waals surface area contributed by atoms with E-state index >= 15 is 0 Å². The Morgan fingerprint density at radius 1 is 0.418 bits per heavy atom. The zero-order valence-electron chi connectivity index (χ0n) is 80.4. The molecule has 0 unspecified atom stereocenters. The second-order valence-corrected chi connectivity index (χ2v) is 46.6. The first kappa shape index (κ1) is 109. The molecule has 5 fully saturated rings. The number of hydrogen-bond acceptors (Lipinski definition) is 26. The van der Waals surface area contributed by atoms with Gasteiger partial charge in [-0.15, -0.1) is 11.3 Å². The Hall–Kier alpha value is -10.4. The number of sulfonamides is 5. The van der Waals surface area contributed by atoms with Gasteiger partial charge >= 0.3 is 0 Å². The van der Waals surface area contributed by atoms with Gasteiger partial charge < -0.3 is 67.8 Å². The fourth-order valence-corrected chi connectivity index (χ4v) is 24.6. The standard InChI is InChI=1S/C20H27ClN4O5S.C20H25N3O5S.C18H23ClN4O4S.C18H23ClN4O3S.C17H24N4O3S2/c1-13(2)24-11-19(22-12-24)31(27,28)25-7-5-14(6-8-25)20(26)23-16-9-15(21)17(29-3)10-18(16)30-4;1-2-22-13-20(21-14-22)29(25,26)23-7-5-16(6-8-23)17(24)11-15-3-4-18-19(12-15)28-10-9-27-18;1-3-22-11-17(20-12-22)28(25,26)23-8-6-13(7-9-23)18(24)21-14-4-5-16(27-2)15(19)10-14;1-3-22-11-17(20-12-22)27(25,26)23-8-6-14(7-9-23)18(24)21-15-5-4-13(2)16(19)10-15;1-13(2)20-11-16(19-12-20)26(23,24)21-7-5-14(6-8-21)17(22)18-10-15-4-3-9-25-15/h9-14H,5-8H2,1-4H3,(H,23,26);3-4,12-14,16H,2,5-11H2,1H3;4-5,10-13H,3,6-9H2,1-2H3,(H,21,24);4-5,10-12,14H,3,6-9H2,1-2H3,(H,21,24);3-4,9,11-14H,5-8,10H2,1-2H3,(H,18,22). The summed E-state index contributed by atoms with van der Waals surface area (Å²) in [7, 11) is -13.6. The molecule has 4 amide bonds. The molecule has 6 aliphatic heterocycles. The molecule has 12 heterocycles. The van der Waals surface area contributed by atoms with Gasteiger partial charge in [0.05, 0.1) is 75.2 Å². The SMILES string of the molecule is CC(C)n1cnc(S(=O)(=O)N2CCC(C(=O)NCc3cccs3)CC2)c1.CCn1cnc(S(=O)(=O)N2CCC(C(=O)Cc3ccc4c(c3)OCCO4)CC2)c1.CCn1cnc(S(=O)(=O)N2CCC(C(=O)Nc3ccc(C)c(Cl)c3)CC2)c1.CCn1cnc(S(=O)(=O)N2CCC(C(=O)Nc3ccc(OC)c(Cl)c3)CC2)c1.COc1cc(OC)c(NC(=O)C2CCN(S(=O)(=O)c3cn(C(C)C)cn3)CC2)cc1Cl. The number of piperidine rings is 5. The molecule has 0 atom stereocenters. The maximum atomic E-state index is 12.9. The number of aromatic nitrogens is 10. The molecule has 0 saturated carbocycles. The van der Waals surface area contributed by atoms with Crippen molar-refractivity contribution in [1.82, 2.24) is 74.6 Å². The molecule has 6 aliphatic rings. The first-order valence-corrected chi connectivity index (χ1v) is 55.7. The number of carbonyl (C=O) groups excluding carboxylic acids is 5. The van der Waals surface area contributed by atoms with Crippen molar-refractivity contribution in [2.75, 3.05) is 116 Å². The van der Waals surface area contributed by atoms with Gasteiger partial charge in [0.2, 0.25) is 23.6 Å². The molecule has 0 radical (unpaired) electrons. The predicted molar refractivity (Wildman–Crippen MR) is 533 cm³/mol. The molecule has 0 aliphatic carbocycles. The number of amides is 4. The first-order valence-electron chi connectivity index (χ1n) is 46.5. The number of Topliss-reactive ketones (excluding diaryl/α,β-unsaturated/α-hetero) is 1. The maximum absolute atomic E-state index is 12.9. The van der Waals surface area contributed by atoms with E-state index in [1.165, 1.54) is 80.6 Å². The molecule has 39 nitrogen and oxygen atoms in total. The lowest BCUT2D eigenvalue weighted by molar-refractivity contribution is -0.126. The third kappa shape index (κ3) is 28.0. The van der Waals surface area contributed by atoms with Crippen molar-refractivity contribution in [3.05, 3.63) is 178 Å². The lowest BCUT2D eigenvalue weighted by atomic mass is 9.90. The predicted octanol–water partition coefficient (Wildman–Crippen LogP) is 12.8. The number of halogens is 3. The Morgan fingerprint density at radius 2 is 0.787 bits per heavy atom. The van der Waals surface area contributed by atoms with Crippen molar-refractivity contribution in [2.45, 2.75) is 189 Å². The molecule has 141 heavy (non-hydrogen) atoms. The van der Waals surface area contributed by atoms with E-state index < -0.39 is 50.1 Å². The van der Waals surface area contributed by atoms with Crippen molar-refractivity contribution in [1.29, 1.82) is 0 Å². The highest BCUT2D eigenvalue weighted by molar-refractivity contribution is 7.90. The minimum Gasteiger partial charge on any atom is -0.495 e. The third-order valence-corrected chi connectivity index (χ3v) is 35.9. The van der Waals surface area contributed by atoms with Crippen LogP contribution in [-0.4, -0.2) is 241 Å². The third-order valence-electron chi connectivity index (χ3n) is 25.1. The van der Waals surface area contributed by atoms with Gasteiger partial charge in [0, 0.05) is 192 Å². The number of methoxy groups -OCH3 is 3. The number of benzene rings is 4. The lowest BCUT2D eigenvalue weighted by Gasteiger charge is -2.30. The molecular weight excluding hydrogens is 2000 g/mol. The number of fused-ring (bicyclic) bond motifs is 1. The van der Waals surface area contributed by atoms with E-state index in [2.05, 4.69) is 46.2 Å². The summed E-state index contributed by atoms with van der Waals surface area (Å²) in [6.45, 7) is 22.1. The molecule has 766 valence electrons. The minimum absolute atomic E-state index is 0.000432. The number of nitrogens with one attached hydrogen (secondary N) is 4. The number of carbonyl (C=O) groups is 5. The average molecular weight is 2120 g/mol. The zero-order chi connectivity index (χ0) is 102. The van der Waals surface area contributed by atoms with Crippen LogP contribution < -0.4 is 45.0 Å². The van der Waals surface area contributed by atoms with E-state index in [-0.39, 0.29) is 122 Å². The normalized spacial score (nSPS) is 16.6. The van der Waals surface area contributed by atoms with Gasteiger partial charge in [-0.1, -0.05) is 53.0 Å². The van der Waals surface area contributed by atoms with Gasteiger partial charge in [0.1, 0.15) is 36.2 Å². The summed E-state index contributed by atoms with van der Waals surface area (Å²) >= 11 is 19.9. The lowest BCUT2D eigenvalue weighted by Crippen LogP contribution is -2.42. The number of hydrogen-bond donors (Lipinski definition) is 4. The largest absolute Gasteiger partial charge is 0.495 e. The zero-order valence-corrected chi connectivity index (χ0v) is 87.6. The number of aryl methyl sites for hydroxylation is 4. The number of thiophene rings is 1.